The molecule has 1 unspecified atom stereocenters. The van der Waals surface area contributed by atoms with Crippen molar-refractivity contribution >= 4 is 66.7 Å². The van der Waals surface area contributed by atoms with E-state index in [1.54, 1.807) is 68.4 Å². The Labute approximate surface area is 241 Å². The van der Waals surface area contributed by atoms with Gasteiger partial charge in [-0.2, -0.15) is 0 Å². The maximum absolute atomic E-state index is 13.8. The molecule has 202 valence electrons. The summed E-state index contributed by atoms with van der Waals surface area (Å²) < 4.78 is 29.3. The summed E-state index contributed by atoms with van der Waals surface area (Å²) in [5, 5.41) is 3.48. The van der Waals surface area contributed by atoms with Gasteiger partial charge < -0.3 is 10.2 Å². The van der Waals surface area contributed by atoms with Crippen molar-refractivity contribution in [3.05, 3.63) is 92.4 Å². The third-order valence-electron chi connectivity index (χ3n) is 5.88. The fraction of sp³-hybridized carbons (Fsp3) is 0.259. The van der Waals surface area contributed by atoms with Gasteiger partial charge in [0.2, 0.25) is 11.8 Å². The molecular formula is C27H28BrCl2N3O4S. The lowest BCUT2D eigenvalue weighted by atomic mass is 10.1. The number of anilines is 1. The van der Waals surface area contributed by atoms with E-state index in [1.807, 2.05) is 6.92 Å². The molecule has 0 aromatic heterocycles. The zero-order chi connectivity index (χ0) is 28.0. The van der Waals surface area contributed by atoms with Crippen LogP contribution in [0.15, 0.2) is 76.1 Å². The lowest BCUT2D eigenvalue weighted by molar-refractivity contribution is -0.139. The summed E-state index contributed by atoms with van der Waals surface area (Å²) in [6.45, 7) is 5.04. The standard InChI is InChI=1S/C27H28BrCl2N3O4S/c1-4-31-27(35)19(3)32(16-20-7-10-22(29)15-25(20)30)26(34)17-33(23-11-8-21(28)9-12-23)38(36,37)24-13-5-18(2)6-14-24/h5-15,19H,4,16-17H2,1-3H3,(H,31,35). The van der Waals surface area contributed by atoms with Gasteiger partial charge in [0.1, 0.15) is 12.6 Å². The number of nitrogens with one attached hydrogen (secondary N) is 1. The number of nitrogens with zero attached hydrogens (tertiary/aromatic N) is 2. The predicted molar refractivity (Wildman–Crippen MR) is 155 cm³/mol. The Kier molecular flexibility index (Phi) is 10.2. The van der Waals surface area contributed by atoms with E-state index in [4.69, 9.17) is 23.2 Å². The monoisotopic (exact) mass is 639 g/mol. The summed E-state index contributed by atoms with van der Waals surface area (Å²) in [5.74, 6) is -0.948. The second kappa shape index (κ2) is 13.0. The number of benzene rings is 3. The van der Waals surface area contributed by atoms with Gasteiger partial charge in [-0.15, -0.1) is 0 Å². The molecule has 7 nitrogen and oxygen atoms in total. The number of rotatable bonds is 10. The topological polar surface area (TPSA) is 86.8 Å². The van der Waals surface area contributed by atoms with Gasteiger partial charge in [0.05, 0.1) is 10.6 Å². The van der Waals surface area contributed by atoms with Crippen LogP contribution in [0, 0.1) is 6.92 Å². The normalized spacial score (nSPS) is 12.1. The Morgan fingerprint density at radius 1 is 1.00 bits per heavy atom. The first kappa shape index (κ1) is 30.0. The number of carbonyl (C=O) groups is 2. The molecule has 0 bridgehead atoms. The average molecular weight is 641 g/mol. The maximum atomic E-state index is 13.8. The van der Waals surface area contributed by atoms with E-state index in [1.165, 1.54) is 17.0 Å². The van der Waals surface area contributed by atoms with Crippen LogP contribution in [0.3, 0.4) is 0 Å². The molecule has 0 radical (unpaired) electrons. The lowest BCUT2D eigenvalue weighted by Crippen LogP contribution is -2.51. The predicted octanol–water partition coefficient (Wildman–Crippen LogP) is 5.81. The molecule has 0 spiro atoms. The number of likely N-dealkylation sites (N-methyl/N-ethyl adjacent to an activating group) is 1. The van der Waals surface area contributed by atoms with Crippen LogP contribution in [0.4, 0.5) is 5.69 Å². The van der Waals surface area contributed by atoms with Crippen LogP contribution in [-0.2, 0) is 26.2 Å². The molecule has 1 N–H and O–H groups in total. The molecule has 3 rings (SSSR count). The van der Waals surface area contributed by atoms with Crippen LogP contribution in [0.25, 0.3) is 0 Å². The molecule has 0 fully saturated rings. The van der Waals surface area contributed by atoms with Gasteiger partial charge in [-0.05, 0) is 74.9 Å². The molecule has 0 heterocycles. The van der Waals surface area contributed by atoms with Crippen LogP contribution >= 0.6 is 39.1 Å². The Hall–Kier alpha value is -2.59. The molecule has 38 heavy (non-hydrogen) atoms. The summed E-state index contributed by atoms with van der Waals surface area (Å²) in [6, 6.07) is 17.0. The van der Waals surface area contributed by atoms with Gasteiger partial charge >= 0.3 is 0 Å². The molecule has 0 saturated heterocycles. The number of amides is 2. The Balaban J connectivity index is 2.04. The van der Waals surface area contributed by atoms with Crippen molar-refractivity contribution in [3.63, 3.8) is 0 Å². The quantitative estimate of drug-likeness (QED) is 0.303. The van der Waals surface area contributed by atoms with Crippen LogP contribution in [-0.4, -0.2) is 44.3 Å². The van der Waals surface area contributed by atoms with Crippen molar-refractivity contribution in [1.29, 1.82) is 0 Å². The third kappa shape index (κ3) is 7.28. The summed E-state index contributed by atoms with van der Waals surface area (Å²) in [6.07, 6.45) is 0. The number of halogens is 3. The van der Waals surface area contributed by atoms with Crippen LogP contribution in [0.5, 0.6) is 0 Å². The zero-order valence-corrected chi connectivity index (χ0v) is 25.0. The fourth-order valence-corrected chi connectivity index (χ4v) is 5.86. The molecule has 0 aliphatic heterocycles. The van der Waals surface area contributed by atoms with Gasteiger partial charge in [0.15, 0.2) is 0 Å². The van der Waals surface area contributed by atoms with E-state index in [-0.39, 0.29) is 17.3 Å². The molecule has 2 amide bonds. The second-order valence-corrected chi connectivity index (χ2v) is 12.3. The summed E-state index contributed by atoms with van der Waals surface area (Å²) >= 11 is 15.8. The Bertz CT molecular complexity index is 1400. The molecule has 1 atom stereocenters. The zero-order valence-electron chi connectivity index (χ0n) is 21.1. The first-order chi connectivity index (χ1) is 17.9. The molecule has 3 aromatic carbocycles. The SMILES string of the molecule is CCNC(=O)C(C)N(Cc1ccc(Cl)cc1Cl)C(=O)CN(c1ccc(Br)cc1)S(=O)(=O)c1ccc(C)cc1. The average Bonchev–Trinajstić information content (AvgIpc) is 2.87. The van der Waals surface area contributed by atoms with Crippen molar-refractivity contribution in [2.75, 3.05) is 17.4 Å². The first-order valence-electron chi connectivity index (χ1n) is 11.8. The molecule has 0 aliphatic carbocycles. The molecule has 0 aliphatic rings. The van der Waals surface area contributed by atoms with E-state index < -0.39 is 28.5 Å². The number of aryl methyl sites for hydroxylation is 1. The van der Waals surface area contributed by atoms with E-state index in [9.17, 15) is 18.0 Å². The Morgan fingerprint density at radius 2 is 1.63 bits per heavy atom. The molecule has 11 heteroatoms. The second-order valence-electron chi connectivity index (χ2n) is 8.63. The summed E-state index contributed by atoms with van der Waals surface area (Å²) in [5.41, 5.74) is 1.77. The first-order valence-corrected chi connectivity index (χ1v) is 14.8. The summed E-state index contributed by atoms with van der Waals surface area (Å²) in [4.78, 5) is 27.9. The van der Waals surface area contributed by atoms with Crippen LogP contribution in [0.1, 0.15) is 25.0 Å². The van der Waals surface area contributed by atoms with Crippen molar-refractivity contribution in [3.8, 4) is 0 Å². The molecule has 3 aromatic rings. The van der Waals surface area contributed by atoms with Crippen LogP contribution in [0.2, 0.25) is 10.0 Å². The maximum Gasteiger partial charge on any atom is 0.264 e. The number of hydrogen-bond donors (Lipinski definition) is 1. The van der Waals surface area contributed by atoms with E-state index in [0.29, 0.717) is 27.8 Å². The largest absolute Gasteiger partial charge is 0.355 e. The number of carbonyl (C=O) groups excluding carboxylic acids is 2. The van der Waals surface area contributed by atoms with Crippen molar-refractivity contribution in [2.45, 2.75) is 38.3 Å². The van der Waals surface area contributed by atoms with E-state index in [0.717, 1.165) is 14.3 Å². The lowest BCUT2D eigenvalue weighted by Gasteiger charge is -2.32. The van der Waals surface area contributed by atoms with Crippen molar-refractivity contribution in [1.82, 2.24) is 10.2 Å². The minimum atomic E-state index is -4.13. The van der Waals surface area contributed by atoms with Crippen molar-refractivity contribution < 1.29 is 18.0 Å². The van der Waals surface area contributed by atoms with E-state index in [2.05, 4.69) is 21.2 Å². The minimum Gasteiger partial charge on any atom is -0.355 e. The summed E-state index contributed by atoms with van der Waals surface area (Å²) in [7, 11) is -4.13. The van der Waals surface area contributed by atoms with Crippen molar-refractivity contribution in [2.24, 2.45) is 0 Å². The highest BCUT2D eigenvalue weighted by atomic mass is 79.9. The third-order valence-corrected chi connectivity index (χ3v) is 8.78. The van der Waals surface area contributed by atoms with Gasteiger partial charge in [-0.3, -0.25) is 13.9 Å². The van der Waals surface area contributed by atoms with Gasteiger partial charge in [-0.1, -0.05) is 62.9 Å². The van der Waals surface area contributed by atoms with Gasteiger partial charge in [-0.25, -0.2) is 8.42 Å². The van der Waals surface area contributed by atoms with E-state index >= 15 is 0 Å². The number of hydrogen-bond acceptors (Lipinski definition) is 4. The van der Waals surface area contributed by atoms with Crippen LogP contribution < -0.4 is 9.62 Å². The highest BCUT2D eigenvalue weighted by Gasteiger charge is 2.32. The number of sulfonamides is 1. The minimum absolute atomic E-state index is 0.0219. The van der Waals surface area contributed by atoms with Gasteiger partial charge in [0.25, 0.3) is 10.0 Å². The molecule has 0 saturated carbocycles. The molecular weight excluding hydrogens is 613 g/mol. The smallest absolute Gasteiger partial charge is 0.264 e. The Morgan fingerprint density at radius 3 is 2.21 bits per heavy atom. The highest BCUT2D eigenvalue weighted by Crippen LogP contribution is 2.27. The fourth-order valence-electron chi connectivity index (χ4n) is 3.71. The highest BCUT2D eigenvalue weighted by molar-refractivity contribution is 9.10. The van der Waals surface area contributed by atoms with Gasteiger partial charge in [0, 0.05) is 27.6 Å².